The highest BCUT2D eigenvalue weighted by Crippen LogP contribution is 2.48. The Morgan fingerprint density at radius 2 is 1.25 bits per heavy atom. The van der Waals surface area contributed by atoms with Gasteiger partial charge < -0.3 is 5.11 Å². The summed E-state index contributed by atoms with van der Waals surface area (Å²) >= 11 is 0. The number of para-hydroxylation sites is 1. The van der Waals surface area contributed by atoms with Gasteiger partial charge in [0.15, 0.2) is 0 Å². The van der Waals surface area contributed by atoms with E-state index >= 15 is 0 Å². The number of imidazole rings is 1. The summed E-state index contributed by atoms with van der Waals surface area (Å²) in [6.45, 7) is 26.4. The summed E-state index contributed by atoms with van der Waals surface area (Å²) in [5, 5.41) is 12.5. The average Bonchev–Trinajstić information content (AvgIpc) is 3.76. The highest BCUT2D eigenvalue weighted by atomic mass is 16.3. The van der Waals surface area contributed by atoms with E-state index in [2.05, 4.69) is 181 Å². The van der Waals surface area contributed by atoms with E-state index in [1.54, 1.807) is 0 Å². The van der Waals surface area contributed by atoms with Crippen LogP contribution in [0, 0.1) is 6.85 Å². The zero-order valence-electron chi connectivity index (χ0n) is 46.5. The van der Waals surface area contributed by atoms with Crippen molar-refractivity contribution in [1.29, 1.82) is 0 Å². The van der Waals surface area contributed by atoms with Crippen molar-refractivity contribution < 1.29 is 9.22 Å². The van der Waals surface area contributed by atoms with Gasteiger partial charge in [0.25, 0.3) is 0 Å². The minimum atomic E-state index is -2.52. The summed E-state index contributed by atoms with van der Waals surface area (Å²) in [5.74, 6) is 0.806. The van der Waals surface area contributed by atoms with Gasteiger partial charge >= 0.3 is 0 Å². The molecule has 6 aromatic carbocycles. The molecule has 0 fully saturated rings. The second-order valence-electron chi connectivity index (χ2n) is 21.6. The van der Waals surface area contributed by atoms with Gasteiger partial charge in [0.1, 0.15) is 11.6 Å². The lowest BCUT2D eigenvalue weighted by molar-refractivity contribution is 0.426. The van der Waals surface area contributed by atoms with Crippen molar-refractivity contribution in [2.24, 2.45) is 0 Å². The summed E-state index contributed by atoms with van der Waals surface area (Å²) in [7, 11) is 0. The first-order valence-corrected chi connectivity index (χ1v) is 25.4. The minimum Gasteiger partial charge on any atom is -0.507 e. The molecule has 8 rings (SSSR count). The number of aromatic nitrogens is 3. The number of hydrogen-bond acceptors (Lipinski definition) is 3. The molecule has 8 aromatic rings. The lowest BCUT2D eigenvalue weighted by atomic mass is 9.68. The van der Waals surface area contributed by atoms with Gasteiger partial charge in [-0.2, -0.15) is 0 Å². The van der Waals surface area contributed by atoms with Gasteiger partial charge in [0.2, 0.25) is 0 Å². The smallest absolute Gasteiger partial charge is 0.149 e. The molecule has 0 bridgehead atoms. The number of hydrogen-bond donors (Lipinski definition) is 1. The molecule has 0 saturated heterocycles. The first-order chi connectivity index (χ1) is 34.1. The van der Waals surface area contributed by atoms with Gasteiger partial charge in [-0.1, -0.05) is 169 Å². The van der Waals surface area contributed by atoms with Crippen molar-refractivity contribution in [2.45, 2.75) is 151 Å². The van der Waals surface area contributed by atoms with E-state index in [0.717, 1.165) is 92.5 Å². The second-order valence-corrected chi connectivity index (χ2v) is 21.6. The molecule has 69 heavy (non-hydrogen) atoms. The maximum absolute atomic E-state index is 12.5. The monoisotopic (exact) mass is 917 g/mol. The molecule has 0 aliphatic rings. The Labute approximate surface area is 418 Å². The molecular formula is C65H75N3O. The van der Waals surface area contributed by atoms with Crippen LogP contribution in [0.2, 0.25) is 0 Å². The van der Waals surface area contributed by atoms with E-state index in [0.29, 0.717) is 22.6 Å². The van der Waals surface area contributed by atoms with Crippen molar-refractivity contribution in [3.05, 3.63) is 167 Å². The van der Waals surface area contributed by atoms with Crippen molar-refractivity contribution in [3.8, 4) is 67.5 Å². The standard InChI is InChI=1S/C65H75N3O/c1-15-64(13,16-2)54-27-23-28-55(65(14,17-3)18-4)59(54)46-30-31-57(43(9)34-46)68-58-29-22-26-51(60(58)67-62(68)53-39-47(41(5)6)38-52(42(7)8)61(53)69)48-35-49(37-50(36-48)63(10,11)12)56-40-45(32-33-66-56)44-24-20-19-21-25-44/h19-42,69H,15-18H2,1-14H3/i9D3. The molecule has 2 heterocycles. The molecule has 0 atom stereocenters. The number of aromatic hydroxyl groups is 1. The summed E-state index contributed by atoms with van der Waals surface area (Å²) < 4.78 is 30.1. The Morgan fingerprint density at radius 3 is 1.86 bits per heavy atom. The fourth-order valence-corrected chi connectivity index (χ4v) is 10.2. The molecule has 2 aromatic heterocycles. The summed E-state index contributed by atoms with van der Waals surface area (Å²) in [4.78, 5) is 10.5. The number of rotatable bonds is 14. The number of pyridine rings is 1. The van der Waals surface area contributed by atoms with E-state index in [1.807, 2.05) is 47.2 Å². The molecule has 1 N–H and O–H groups in total. The third-order valence-electron chi connectivity index (χ3n) is 15.7. The minimum absolute atomic E-state index is 0.0173. The van der Waals surface area contributed by atoms with Crippen molar-refractivity contribution in [2.75, 3.05) is 0 Å². The number of aryl methyl sites for hydroxylation is 1. The van der Waals surface area contributed by atoms with E-state index < -0.39 is 6.85 Å². The Morgan fingerprint density at radius 1 is 0.594 bits per heavy atom. The van der Waals surface area contributed by atoms with Crippen LogP contribution < -0.4 is 0 Å². The molecule has 4 nitrogen and oxygen atoms in total. The lowest BCUT2D eigenvalue weighted by Crippen LogP contribution is -2.25. The highest BCUT2D eigenvalue weighted by Gasteiger charge is 2.33. The fourth-order valence-electron chi connectivity index (χ4n) is 10.2. The molecule has 0 amide bonds. The van der Waals surface area contributed by atoms with Gasteiger partial charge in [-0.15, -0.1) is 0 Å². The maximum Gasteiger partial charge on any atom is 0.149 e. The highest BCUT2D eigenvalue weighted by molar-refractivity contribution is 5.97. The molecule has 0 unspecified atom stereocenters. The Hall–Kier alpha value is -6.26. The van der Waals surface area contributed by atoms with Crippen molar-refractivity contribution >= 4 is 11.0 Å². The second kappa shape index (κ2) is 19.3. The van der Waals surface area contributed by atoms with Gasteiger partial charge in [0, 0.05) is 21.4 Å². The summed E-state index contributed by atoms with van der Waals surface area (Å²) in [6.07, 6.45) is 5.66. The normalized spacial score (nSPS) is 13.3. The van der Waals surface area contributed by atoms with Gasteiger partial charge in [-0.05, 0) is 170 Å². The van der Waals surface area contributed by atoms with E-state index in [4.69, 9.17) is 9.97 Å². The van der Waals surface area contributed by atoms with Crippen LogP contribution in [-0.4, -0.2) is 19.6 Å². The zero-order valence-corrected chi connectivity index (χ0v) is 43.5. The lowest BCUT2D eigenvalue weighted by Gasteiger charge is -2.36. The van der Waals surface area contributed by atoms with Crippen LogP contribution in [0.25, 0.3) is 72.7 Å². The summed E-state index contributed by atoms with van der Waals surface area (Å²) in [6, 6.07) is 44.4. The number of benzene rings is 6. The SMILES string of the molecule is [2H]C([2H])([2H])c1cc(-c2c(C(C)(CC)CC)cccc2C(C)(CC)CC)ccc1-n1c(-c2cc(C(C)C)cc(C(C)C)c2O)nc2c(-c3cc(-c4cc(-c5ccccc5)ccn4)cc(C(C)(C)C)c3)cccc21. The number of fused-ring (bicyclic) bond motifs is 1. The van der Waals surface area contributed by atoms with Crippen LogP contribution in [-0.2, 0) is 16.2 Å². The van der Waals surface area contributed by atoms with Crippen LogP contribution in [0.3, 0.4) is 0 Å². The van der Waals surface area contributed by atoms with Gasteiger partial charge in [-0.3, -0.25) is 9.55 Å². The molecule has 356 valence electrons. The van der Waals surface area contributed by atoms with E-state index in [1.165, 1.54) is 11.1 Å². The number of phenols is 1. The fraction of sp³-hybridized carbons (Fsp3) is 0.354. The van der Waals surface area contributed by atoms with Crippen LogP contribution in [0.1, 0.15) is 165 Å². The molecule has 0 aliphatic heterocycles. The van der Waals surface area contributed by atoms with Crippen LogP contribution in [0.5, 0.6) is 5.75 Å². The number of nitrogens with zero attached hydrogens (tertiary/aromatic N) is 3. The average molecular weight is 917 g/mol. The predicted octanol–water partition coefficient (Wildman–Crippen LogP) is 18.5. The Balaban J connectivity index is 1.47. The Bertz CT molecular complexity index is 3220. The molecule has 0 spiro atoms. The third-order valence-corrected chi connectivity index (χ3v) is 15.7. The van der Waals surface area contributed by atoms with Crippen molar-refractivity contribution in [3.63, 3.8) is 0 Å². The first kappa shape index (κ1) is 45.2. The third kappa shape index (κ3) is 9.20. The van der Waals surface area contributed by atoms with E-state index in [9.17, 15) is 9.22 Å². The van der Waals surface area contributed by atoms with Crippen molar-refractivity contribution in [1.82, 2.24) is 14.5 Å². The topological polar surface area (TPSA) is 50.9 Å². The first-order valence-electron chi connectivity index (χ1n) is 26.9. The molecule has 4 heteroatoms. The van der Waals surface area contributed by atoms with Gasteiger partial charge in [-0.25, -0.2) is 4.98 Å². The van der Waals surface area contributed by atoms with E-state index in [-0.39, 0.29) is 39.4 Å². The van der Waals surface area contributed by atoms with Gasteiger partial charge in [0.05, 0.1) is 28.0 Å². The molecule has 0 aliphatic carbocycles. The predicted molar refractivity (Wildman–Crippen MR) is 295 cm³/mol. The molecule has 0 radical (unpaired) electrons. The van der Waals surface area contributed by atoms with Crippen LogP contribution in [0.4, 0.5) is 0 Å². The maximum atomic E-state index is 12.5. The largest absolute Gasteiger partial charge is 0.507 e. The van der Waals surface area contributed by atoms with Crippen LogP contribution in [0.15, 0.2) is 134 Å². The number of phenolic OH excluding ortho intramolecular Hbond substituents is 1. The molecular weight excluding hydrogens is 839 g/mol. The van der Waals surface area contributed by atoms with Crippen LogP contribution >= 0.6 is 0 Å². The zero-order chi connectivity index (χ0) is 52.1. The molecule has 0 saturated carbocycles. The quantitative estimate of drug-likeness (QED) is 0.118. The summed E-state index contributed by atoms with van der Waals surface area (Å²) in [5.41, 5.74) is 15.7. The Kier molecular flexibility index (Phi) is 12.6.